The van der Waals surface area contributed by atoms with E-state index in [1.807, 2.05) is 11.0 Å². The average molecular weight is 367 g/mol. The second kappa shape index (κ2) is 9.01. The maximum Gasteiger partial charge on any atom is 0.0795 e. The molecule has 1 saturated heterocycles. The smallest absolute Gasteiger partial charge is 0.0795 e. The Morgan fingerprint density at radius 2 is 1.67 bits per heavy atom. The summed E-state index contributed by atoms with van der Waals surface area (Å²) in [5.41, 5.74) is 6.13. The quantitative estimate of drug-likeness (QED) is 0.718. The Labute approximate surface area is 152 Å². The number of hydrogen-bond donors (Lipinski definition) is 0. The fourth-order valence-electron chi connectivity index (χ4n) is 3.29. The van der Waals surface area contributed by atoms with Gasteiger partial charge in [0.1, 0.15) is 0 Å². The van der Waals surface area contributed by atoms with Crippen molar-refractivity contribution in [1.82, 2.24) is 19.8 Å². The van der Waals surface area contributed by atoms with E-state index in [2.05, 4.69) is 44.4 Å². The number of morpholine rings is 1. The van der Waals surface area contributed by atoms with Gasteiger partial charge in [0.15, 0.2) is 0 Å². The molecule has 3 heterocycles. The molecule has 0 spiro atoms. The van der Waals surface area contributed by atoms with Gasteiger partial charge in [0.2, 0.25) is 0 Å². The molecule has 1 fully saturated rings. The van der Waals surface area contributed by atoms with Gasteiger partial charge in [0.05, 0.1) is 34.6 Å². The molecule has 132 valence electrons. The normalized spacial score (nSPS) is 22.3. The van der Waals surface area contributed by atoms with Crippen LogP contribution in [0.15, 0.2) is 21.8 Å². The molecule has 0 aromatic carbocycles. The molecule has 24 heavy (non-hydrogen) atoms. The maximum atomic E-state index is 5.82. The summed E-state index contributed by atoms with van der Waals surface area (Å²) in [6.07, 6.45) is 1.85. The Morgan fingerprint density at radius 1 is 1.08 bits per heavy atom. The van der Waals surface area contributed by atoms with E-state index < -0.39 is 0 Å². The number of hydrogen-bond acceptors (Lipinski definition) is 7. The summed E-state index contributed by atoms with van der Waals surface area (Å²) in [5, 5.41) is 4.28. The van der Waals surface area contributed by atoms with Crippen LogP contribution in [0.2, 0.25) is 0 Å². The second-order valence-electron chi connectivity index (χ2n) is 6.54. The van der Waals surface area contributed by atoms with Gasteiger partial charge in [-0.2, -0.15) is 0 Å². The Hall–Kier alpha value is -0.860. The molecule has 2 atom stereocenters. The van der Waals surface area contributed by atoms with Gasteiger partial charge < -0.3 is 4.74 Å². The Kier molecular flexibility index (Phi) is 6.74. The predicted octanol–water partition coefficient (Wildman–Crippen LogP) is 3.10. The molecule has 1 aliphatic heterocycles. The third kappa shape index (κ3) is 5.60. The van der Waals surface area contributed by atoms with Crippen molar-refractivity contribution >= 4 is 22.7 Å². The zero-order valence-corrected chi connectivity index (χ0v) is 16.1. The Balaban J connectivity index is 1.49. The highest BCUT2D eigenvalue weighted by atomic mass is 32.1. The second-order valence-corrected chi connectivity index (χ2v) is 7.98. The van der Waals surface area contributed by atoms with Crippen LogP contribution in [-0.2, 0) is 17.8 Å². The van der Waals surface area contributed by atoms with Gasteiger partial charge in [-0.15, -0.1) is 22.7 Å². The van der Waals surface area contributed by atoms with Crippen molar-refractivity contribution in [3.8, 4) is 0 Å². The van der Waals surface area contributed by atoms with Crippen molar-refractivity contribution in [1.29, 1.82) is 0 Å². The van der Waals surface area contributed by atoms with Crippen LogP contribution in [0.5, 0.6) is 0 Å². The SMILES string of the molecule is CC1CN(CCCN(Cc2cscn2)Cc2cscn2)CC(C)O1. The summed E-state index contributed by atoms with van der Waals surface area (Å²) < 4.78 is 5.82. The monoisotopic (exact) mass is 366 g/mol. The first-order chi connectivity index (χ1) is 11.7. The zero-order valence-electron chi connectivity index (χ0n) is 14.4. The minimum absolute atomic E-state index is 0.342. The molecule has 5 nitrogen and oxygen atoms in total. The standard InChI is InChI=1S/C17H26N4OS2/c1-14-6-20(7-15(2)22-14)4-3-5-21(8-16-10-23-12-18-16)9-17-11-24-13-19-17/h10-15H,3-9H2,1-2H3. The van der Waals surface area contributed by atoms with Gasteiger partial charge in [0, 0.05) is 43.5 Å². The molecule has 0 aliphatic carbocycles. The topological polar surface area (TPSA) is 41.5 Å². The van der Waals surface area contributed by atoms with Crippen LogP contribution in [0.4, 0.5) is 0 Å². The van der Waals surface area contributed by atoms with Crippen LogP contribution in [0, 0.1) is 0 Å². The number of nitrogens with zero attached hydrogens (tertiary/aromatic N) is 4. The van der Waals surface area contributed by atoms with E-state index in [0.29, 0.717) is 12.2 Å². The van der Waals surface area contributed by atoms with E-state index >= 15 is 0 Å². The lowest BCUT2D eigenvalue weighted by molar-refractivity contribution is -0.0685. The van der Waals surface area contributed by atoms with E-state index in [9.17, 15) is 0 Å². The Bertz CT molecular complexity index is 529. The zero-order chi connectivity index (χ0) is 16.8. The lowest BCUT2D eigenvalue weighted by atomic mass is 10.2. The van der Waals surface area contributed by atoms with Crippen molar-refractivity contribution in [3.05, 3.63) is 33.2 Å². The molecule has 3 rings (SSSR count). The molecule has 0 amide bonds. The third-order valence-electron chi connectivity index (χ3n) is 4.18. The lowest BCUT2D eigenvalue weighted by Crippen LogP contribution is -2.46. The van der Waals surface area contributed by atoms with Crippen LogP contribution in [0.1, 0.15) is 31.7 Å². The van der Waals surface area contributed by atoms with Crippen LogP contribution >= 0.6 is 22.7 Å². The molecule has 2 unspecified atom stereocenters. The van der Waals surface area contributed by atoms with Crippen LogP contribution < -0.4 is 0 Å². The molecular formula is C17H26N4OS2. The molecule has 0 N–H and O–H groups in total. The first-order valence-electron chi connectivity index (χ1n) is 8.53. The van der Waals surface area contributed by atoms with Crippen molar-refractivity contribution < 1.29 is 4.74 Å². The van der Waals surface area contributed by atoms with E-state index in [1.165, 1.54) is 0 Å². The number of rotatable bonds is 8. The summed E-state index contributed by atoms with van der Waals surface area (Å²) in [6, 6.07) is 0. The van der Waals surface area contributed by atoms with Crippen molar-refractivity contribution in [2.24, 2.45) is 0 Å². The van der Waals surface area contributed by atoms with Gasteiger partial charge in [-0.1, -0.05) is 0 Å². The molecule has 0 saturated carbocycles. The van der Waals surface area contributed by atoms with E-state index in [-0.39, 0.29) is 0 Å². The summed E-state index contributed by atoms with van der Waals surface area (Å²) in [5.74, 6) is 0. The summed E-state index contributed by atoms with van der Waals surface area (Å²) >= 11 is 3.33. The van der Waals surface area contributed by atoms with E-state index in [0.717, 1.165) is 57.1 Å². The molecule has 0 radical (unpaired) electrons. The number of thiazole rings is 2. The predicted molar refractivity (Wildman–Crippen MR) is 99.4 cm³/mol. The molecule has 7 heteroatoms. The first-order valence-corrected chi connectivity index (χ1v) is 10.4. The van der Waals surface area contributed by atoms with Gasteiger partial charge in [-0.3, -0.25) is 9.80 Å². The van der Waals surface area contributed by atoms with Gasteiger partial charge in [-0.05, 0) is 26.8 Å². The highest BCUT2D eigenvalue weighted by molar-refractivity contribution is 7.07. The van der Waals surface area contributed by atoms with Crippen LogP contribution in [0.25, 0.3) is 0 Å². The van der Waals surface area contributed by atoms with E-state index in [1.54, 1.807) is 22.7 Å². The first kappa shape index (κ1) is 17.9. The molecule has 0 bridgehead atoms. The molecule has 1 aliphatic rings. The maximum absolute atomic E-state index is 5.82. The van der Waals surface area contributed by atoms with Crippen LogP contribution in [-0.4, -0.2) is 58.2 Å². The summed E-state index contributed by atoms with van der Waals surface area (Å²) in [6.45, 7) is 10.4. The van der Waals surface area contributed by atoms with Gasteiger partial charge in [-0.25, -0.2) is 9.97 Å². The Morgan fingerprint density at radius 3 is 2.17 bits per heavy atom. The van der Waals surface area contributed by atoms with Gasteiger partial charge >= 0.3 is 0 Å². The number of ether oxygens (including phenoxy) is 1. The molecular weight excluding hydrogens is 340 g/mol. The third-order valence-corrected chi connectivity index (χ3v) is 5.45. The molecule has 2 aromatic rings. The summed E-state index contributed by atoms with van der Waals surface area (Å²) in [4.78, 5) is 13.9. The summed E-state index contributed by atoms with van der Waals surface area (Å²) in [7, 11) is 0. The minimum atomic E-state index is 0.342. The highest BCUT2D eigenvalue weighted by Crippen LogP contribution is 2.13. The highest BCUT2D eigenvalue weighted by Gasteiger charge is 2.21. The van der Waals surface area contributed by atoms with Crippen molar-refractivity contribution in [2.75, 3.05) is 26.2 Å². The average Bonchev–Trinajstić information content (AvgIpc) is 3.20. The van der Waals surface area contributed by atoms with Crippen LogP contribution in [0.3, 0.4) is 0 Å². The van der Waals surface area contributed by atoms with Crippen molar-refractivity contribution in [3.63, 3.8) is 0 Å². The fraction of sp³-hybridized carbons (Fsp3) is 0.647. The number of aromatic nitrogens is 2. The largest absolute Gasteiger partial charge is 0.373 e. The lowest BCUT2D eigenvalue weighted by Gasteiger charge is -2.35. The van der Waals surface area contributed by atoms with E-state index in [4.69, 9.17) is 4.74 Å². The minimum Gasteiger partial charge on any atom is -0.373 e. The molecule has 2 aromatic heterocycles. The van der Waals surface area contributed by atoms with Gasteiger partial charge in [0.25, 0.3) is 0 Å². The fourth-order valence-corrected chi connectivity index (χ4v) is 4.39. The van der Waals surface area contributed by atoms with Crippen molar-refractivity contribution in [2.45, 2.75) is 45.6 Å².